The van der Waals surface area contributed by atoms with Gasteiger partial charge in [0, 0.05) is 13.1 Å². The standard InChI is InChI=1S/C12H25N.ClH/c1-4-7-9-11-13(6-3)12-10-8-5-2;/h6H,3-5,7-12H2,1-2H3;1H. The molecule has 0 radical (unpaired) electrons. The van der Waals surface area contributed by atoms with E-state index in [1.165, 1.54) is 51.6 Å². The highest BCUT2D eigenvalue weighted by Gasteiger charge is 1.96. The lowest BCUT2D eigenvalue weighted by Crippen LogP contribution is -2.19. The molecule has 0 spiro atoms. The van der Waals surface area contributed by atoms with Gasteiger partial charge in [0.1, 0.15) is 0 Å². The summed E-state index contributed by atoms with van der Waals surface area (Å²) in [6.45, 7) is 10.7. The van der Waals surface area contributed by atoms with Gasteiger partial charge in [-0.3, -0.25) is 0 Å². The van der Waals surface area contributed by atoms with Crippen molar-refractivity contribution < 1.29 is 0 Å². The molecular formula is C12H26ClN. The summed E-state index contributed by atoms with van der Waals surface area (Å²) in [7, 11) is 0. The first-order valence-electron chi connectivity index (χ1n) is 5.71. The highest BCUT2D eigenvalue weighted by atomic mass is 35.5. The highest BCUT2D eigenvalue weighted by molar-refractivity contribution is 5.85. The number of hydrogen-bond acceptors (Lipinski definition) is 1. The van der Waals surface area contributed by atoms with Gasteiger partial charge in [0.25, 0.3) is 0 Å². The molecular weight excluding hydrogens is 194 g/mol. The molecule has 14 heavy (non-hydrogen) atoms. The number of nitrogens with zero attached hydrogens (tertiary/aromatic N) is 1. The Hall–Kier alpha value is -0.170. The average Bonchev–Trinajstić information content (AvgIpc) is 2.16. The van der Waals surface area contributed by atoms with E-state index in [1.54, 1.807) is 0 Å². The SMILES string of the molecule is C=CN(CCCCC)CCCCC.Cl. The third-order valence-corrected chi connectivity index (χ3v) is 2.36. The zero-order chi connectivity index (χ0) is 9.94. The Morgan fingerprint density at radius 3 is 1.64 bits per heavy atom. The summed E-state index contributed by atoms with van der Waals surface area (Å²) in [5.74, 6) is 0. The molecule has 0 amide bonds. The van der Waals surface area contributed by atoms with E-state index in [9.17, 15) is 0 Å². The summed E-state index contributed by atoms with van der Waals surface area (Å²) >= 11 is 0. The second-order valence-electron chi connectivity index (χ2n) is 3.63. The van der Waals surface area contributed by atoms with Crippen molar-refractivity contribution in [2.24, 2.45) is 0 Å². The molecule has 0 aliphatic heterocycles. The van der Waals surface area contributed by atoms with E-state index >= 15 is 0 Å². The molecule has 0 unspecified atom stereocenters. The van der Waals surface area contributed by atoms with Crippen LogP contribution in [0, 0.1) is 0 Å². The smallest absolute Gasteiger partial charge is 0.0172 e. The fraction of sp³-hybridized carbons (Fsp3) is 0.833. The third-order valence-electron chi connectivity index (χ3n) is 2.36. The maximum Gasteiger partial charge on any atom is 0.0172 e. The fourth-order valence-corrected chi connectivity index (χ4v) is 1.42. The Labute approximate surface area is 96.0 Å². The lowest BCUT2D eigenvalue weighted by molar-refractivity contribution is 0.355. The van der Waals surface area contributed by atoms with E-state index in [0.29, 0.717) is 0 Å². The summed E-state index contributed by atoms with van der Waals surface area (Å²) in [5, 5.41) is 0. The molecule has 86 valence electrons. The van der Waals surface area contributed by atoms with Gasteiger partial charge in [-0.2, -0.15) is 0 Å². The molecule has 0 atom stereocenters. The predicted octanol–water partition coefficient (Wildman–Crippen LogP) is 4.23. The summed E-state index contributed by atoms with van der Waals surface area (Å²) in [6, 6.07) is 0. The molecule has 0 aromatic heterocycles. The Balaban J connectivity index is 0. The Kier molecular flexibility index (Phi) is 14.9. The van der Waals surface area contributed by atoms with E-state index in [-0.39, 0.29) is 12.4 Å². The van der Waals surface area contributed by atoms with Crippen LogP contribution in [-0.4, -0.2) is 18.0 Å². The largest absolute Gasteiger partial charge is 0.378 e. The number of halogens is 1. The molecule has 0 rings (SSSR count). The first-order chi connectivity index (χ1) is 6.35. The van der Waals surface area contributed by atoms with Gasteiger partial charge in [0.2, 0.25) is 0 Å². The Morgan fingerprint density at radius 1 is 0.929 bits per heavy atom. The summed E-state index contributed by atoms with van der Waals surface area (Å²) < 4.78 is 0. The van der Waals surface area contributed by atoms with Crippen LogP contribution in [0.25, 0.3) is 0 Å². The predicted molar refractivity (Wildman–Crippen MR) is 68.1 cm³/mol. The quantitative estimate of drug-likeness (QED) is 0.525. The van der Waals surface area contributed by atoms with Crippen molar-refractivity contribution in [1.82, 2.24) is 4.90 Å². The minimum absolute atomic E-state index is 0. The van der Waals surface area contributed by atoms with Crippen LogP contribution < -0.4 is 0 Å². The lowest BCUT2D eigenvalue weighted by Gasteiger charge is -2.19. The van der Waals surface area contributed by atoms with Crippen LogP contribution in [0.2, 0.25) is 0 Å². The van der Waals surface area contributed by atoms with Crippen LogP contribution in [0.1, 0.15) is 52.4 Å². The van der Waals surface area contributed by atoms with Crippen LogP contribution in [-0.2, 0) is 0 Å². The molecule has 0 aliphatic carbocycles. The molecule has 0 aromatic rings. The Bertz CT molecular complexity index is 105. The molecule has 0 saturated heterocycles. The molecule has 0 aromatic carbocycles. The first-order valence-corrected chi connectivity index (χ1v) is 5.71. The molecule has 0 bridgehead atoms. The second kappa shape index (κ2) is 12.8. The zero-order valence-corrected chi connectivity index (χ0v) is 10.6. The van der Waals surface area contributed by atoms with Gasteiger partial charge >= 0.3 is 0 Å². The third kappa shape index (κ3) is 9.91. The van der Waals surface area contributed by atoms with E-state index in [2.05, 4.69) is 25.3 Å². The number of hydrogen-bond donors (Lipinski definition) is 0. The van der Waals surface area contributed by atoms with Crippen molar-refractivity contribution in [2.45, 2.75) is 52.4 Å². The van der Waals surface area contributed by atoms with Crippen molar-refractivity contribution in [3.63, 3.8) is 0 Å². The molecule has 1 nitrogen and oxygen atoms in total. The normalized spacial score (nSPS) is 9.29. The van der Waals surface area contributed by atoms with Crippen LogP contribution in [0.15, 0.2) is 12.8 Å². The van der Waals surface area contributed by atoms with Crippen molar-refractivity contribution in [2.75, 3.05) is 13.1 Å². The minimum Gasteiger partial charge on any atom is -0.378 e. The zero-order valence-electron chi connectivity index (χ0n) is 9.80. The monoisotopic (exact) mass is 219 g/mol. The minimum atomic E-state index is 0. The van der Waals surface area contributed by atoms with Crippen LogP contribution >= 0.6 is 12.4 Å². The lowest BCUT2D eigenvalue weighted by atomic mass is 10.2. The fourth-order valence-electron chi connectivity index (χ4n) is 1.42. The van der Waals surface area contributed by atoms with Crippen molar-refractivity contribution in [3.8, 4) is 0 Å². The van der Waals surface area contributed by atoms with Gasteiger partial charge in [0.15, 0.2) is 0 Å². The Morgan fingerprint density at radius 2 is 1.36 bits per heavy atom. The van der Waals surface area contributed by atoms with E-state index in [4.69, 9.17) is 0 Å². The molecule has 0 N–H and O–H groups in total. The van der Waals surface area contributed by atoms with Gasteiger partial charge in [-0.15, -0.1) is 12.4 Å². The molecule has 0 saturated carbocycles. The number of unbranched alkanes of at least 4 members (excludes halogenated alkanes) is 4. The van der Waals surface area contributed by atoms with E-state index < -0.39 is 0 Å². The molecule has 0 fully saturated rings. The summed E-state index contributed by atoms with van der Waals surface area (Å²) in [5.41, 5.74) is 0. The summed E-state index contributed by atoms with van der Waals surface area (Å²) in [6.07, 6.45) is 9.92. The van der Waals surface area contributed by atoms with Gasteiger partial charge in [-0.1, -0.05) is 46.1 Å². The topological polar surface area (TPSA) is 3.24 Å². The second-order valence-corrected chi connectivity index (χ2v) is 3.63. The highest BCUT2D eigenvalue weighted by Crippen LogP contribution is 2.02. The maximum absolute atomic E-state index is 3.84. The van der Waals surface area contributed by atoms with E-state index in [0.717, 1.165) is 0 Å². The van der Waals surface area contributed by atoms with E-state index in [1.807, 2.05) is 6.20 Å². The van der Waals surface area contributed by atoms with Gasteiger partial charge in [0.05, 0.1) is 0 Å². The number of rotatable bonds is 9. The molecule has 2 heteroatoms. The van der Waals surface area contributed by atoms with Crippen LogP contribution in [0.4, 0.5) is 0 Å². The molecule has 0 heterocycles. The van der Waals surface area contributed by atoms with Crippen molar-refractivity contribution in [1.29, 1.82) is 0 Å². The molecule has 0 aliphatic rings. The van der Waals surface area contributed by atoms with Crippen LogP contribution in [0.3, 0.4) is 0 Å². The first kappa shape index (κ1) is 16.3. The maximum atomic E-state index is 3.84. The van der Waals surface area contributed by atoms with Gasteiger partial charge in [-0.05, 0) is 19.0 Å². The van der Waals surface area contributed by atoms with Gasteiger partial charge in [-0.25, -0.2) is 0 Å². The van der Waals surface area contributed by atoms with Crippen molar-refractivity contribution >= 4 is 12.4 Å². The van der Waals surface area contributed by atoms with Gasteiger partial charge < -0.3 is 4.90 Å². The van der Waals surface area contributed by atoms with Crippen molar-refractivity contribution in [3.05, 3.63) is 12.8 Å². The van der Waals surface area contributed by atoms with Crippen LogP contribution in [0.5, 0.6) is 0 Å². The summed E-state index contributed by atoms with van der Waals surface area (Å²) in [4.78, 5) is 2.35. The average molecular weight is 220 g/mol.